The summed E-state index contributed by atoms with van der Waals surface area (Å²) in [5, 5.41) is 5.71. The topological polar surface area (TPSA) is 84.2 Å². The van der Waals surface area contributed by atoms with Crippen molar-refractivity contribution in [2.45, 2.75) is 25.8 Å². The Morgan fingerprint density at radius 3 is 2.50 bits per heavy atom. The van der Waals surface area contributed by atoms with Crippen LogP contribution in [0.1, 0.15) is 18.9 Å². The zero-order chi connectivity index (χ0) is 17.1. The molecule has 0 bridgehead atoms. The van der Waals surface area contributed by atoms with Gasteiger partial charge in [0, 0.05) is 6.54 Å². The summed E-state index contributed by atoms with van der Waals surface area (Å²) in [7, 11) is 0. The van der Waals surface area contributed by atoms with Crippen LogP contribution < -0.4 is 16.4 Å². The summed E-state index contributed by atoms with van der Waals surface area (Å²) >= 11 is 1.66. The van der Waals surface area contributed by atoms with Crippen molar-refractivity contribution in [3.8, 4) is 0 Å². The fourth-order valence-corrected chi connectivity index (χ4v) is 2.48. The molecule has 1 rings (SSSR count). The van der Waals surface area contributed by atoms with Gasteiger partial charge in [-0.25, -0.2) is 0 Å². The Labute approximate surface area is 154 Å². The molecule has 0 aliphatic rings. The van der Waals surface area contributed by atoms with E-state index in [1.54, 1.807) is 11.8 Å². The summed E-state index contributed by atoms with van der Waals surface area (Å²) in [6, 6.07) is 9.01. The van der Waals surface area contributed by atoms with Crippen LogP contribution in [-0.2, 0) is 16.0 Å². The smallest absolute Gasteiger partial charge is 0.242 e. The molecular weight excluding hydrogens is 346 g/mol. The van der Waals surface area contributed by atoms with E-state index in [1.165, 1.54) is 0 Å². The minimum absolute atomic E-state index is 0. The maximum absolute atomic E-state index is 12.3. The third-order valence-corrected chi connectivity index (χ3v) is 4.14. The van der Waals surface area contributed by atoms with Crippen LogP contribution in [0.15, 0.2) is 30.3 Å². The molecule has 1 aromatic carbocycles. The molecule has 7 heteroatoms. The van der Waals surface area contributed by atoms with Gasteiger partial charge in [-0.3, -0.25) is 9.59 Å². The summed E-state index contributed by atoms with van der Waals surface area (Å²) < 4.78 is 0. The van der Waals surface area contributed by atoms with E-state index < -0.39 is 6.04 Å². The maximum atomic E-state index is 12.3. The highest BCUT2D eigenvalue weighted by atomic mass is 35.5. The number of benzene rings is 1. The van der Waals surface area contributed by atoms with E-state index >= 15 is 0 Å². The number of rotatable bonds is 10. The number of hydrogen-bond donors (Lipinski definition) is 3. The van der Waals surface area contributed by atoms with Crippen molar-refractivity contribution >= 4 is 36.0 Å². The second-order valence-corrected chi connectivity index (χ2v) is 6.64. The Hall–Kier alpha value is -1.24. The second-order valence-electron chi connectivity index (χ2n) is 5.65. The van der Waals surface area contributed by atoms with E-state index in [-0.39, 0.29) is 36.6 Å². The van der Waals surface area contributed by atoms with E-state index in [9.17, 15) is 9.59 Å². The second kappa shape index (κ2) is 13.1. The average Bonchev–Trinajstić information content (AvgIpc) is 2.56. The van der Waals surface area contributed by atoms with E-state index in [0.29, 0.717) is 19.5 Å². The number of thioether (sulfide) groups is 1. The Morgan fingerprint density at radius 2 is 1.92 bits per heavy atom. The largest absolute Gasteiger partial charge is 0.354 e. The van der Waals surface area contributed by atoms with Gasteiger partial charge in [-0.05, 0) is 36.5 Å². The molecular formula is C17H28ClN3O2S. The zero-order valence-electron chi connectivity index (χ0n) is 14.3. The van der Waals surface area contributed by atoms with Crippen LogP contribution in [0.25, 0.3) is 0 Å². The summed E-state index contributed by atoms with van der Waals surface area (Å²) in [5.74, 6) is 0.765. The number of carbonyl (C=O) groups excluding carboxylic acids is 2. The van der Waals surface area contributed by atoms with Crippen LogP contribution in [0, 0.1) is 5.92 Å². The first-order valence-corrected chi connectivity index (χ1v) is 9.26. The number of halogens is 1. The predicted molar refractivity (Wildman–Crippen MR) is 104 cm³/mol. The van der Waals surface area contributed by atoms with E-state index in [0.717, 1.165) is 11.3 Å². The van der Waals surface area contributed by atoms with E-state index in [1.807, 2.05) is 43.5 Å². The number of nitrogens with two attached hydrogens (primary N) is 1. The lowest BCUT2D eigenvalue weighted by molar-refractivity contribution is -0.128. The lowest BCUT2D eigenvalue weighted by atomic mass is 10.1. The number of amides is 2. The normalized spacial score (nSPS) is 12.6. The van der Waals surface area contributed by atoms with Gasteiger partial charge in [0.05, 0.1) is 6.42 Å². The van der Waals surface area contributed by atoms with Gasteiger partial charge in [0.25, 0.3) is 0 Å². The van der Waals surface area contributed by atoms with Gasteiger partial charge in [-0.15, -0.1) is 12.4 Å². The average molecular weight is 374 g/mol. The molecule has 0 aliphatic heterocycles. The summed E-state index contributed by atoms with van der Waals surface area (Å²) in [6.07, 6.45) is 2.88. The summed E-state index contributed by atoms with van der Waals surface area (Å²) in [4.78, 5) is 24.4. The van der Waals surface area contributed by atoms with Crippen LogP contribution in [0.4, 0.5) is 0 Å². The lowest BCUT2D eigenvalue weighted by Crippen LogP contribution is -2.48. The molecule has 2 unspecified atom stereocenters. The molecule has 1 aromatic rings. The van der Waals surface area contributed by atoms with Gasteiger partial charge in [0.1, 0.15) is 6.04 Å². The SMILES string of the molecule is CSCCC(NC(=O)Cc1ccccc1)C(=O)NCC(C)CN.Cl. The highest BCUT2D eigenvalue weighted by Gasteiger charge is 2.20. The number of carbonyl (C=O) groups is 2. The Balaban J connectivity index is 0.00000529. The fraction of sp³-hybridized carbons (Fsp3) is 0.529. The van der Waals surface area contributed by atoms with Gasteiger partial charge in [0.2, 0.25) is 11.8 Å². The minimum atomic E-state index is -0.497. The van der Waals surface area contributed by atoms with Gasteiger partial charge in [-0.1, -0.05) is 37.3 Å². The molecule has 0 radical (unpaired) electrons. The molecule has 0 spiro atoms. The van der Waals surface area contributed by atoms with Crippen LogP contribution >= 0.6 is 24.2 Å². The first kappa shape index (κ1) is 22.8. The van der Waals surface area contributed by atoms with Crippen molar-refractivity contribution in [1.82, 2.24) is 10.6 Å². The molecule has 0 aromatic heterocycles. The van der Waals surface area contributed by atoms with Gasteiger partial charge in [-0.2, -0.15) is 11.8 Å². The zero-order valence-corrected chi connectivity index (χ0v) is 15.9. The number of hydrogen-bond acceptors (Lipinski definition) is 4. The lowest BCUT2D eigenvalue weighted by Gasteiger charge is -2.19. The monoisotopic (exact) mass is 373 g/mol. The Bertz CT molecular complexity index is 488. The van der Waals surface area contributed by atoms with Gasteiger partial charge < -0.3 is 16.4 Å². The first-order valence-electron chi connectivity index (χ1n) is 7.86. The molecule has 2 atom stereocenters. The highest BCUT2D eigenvalue weighted by molar-refractivity contribution is 7.98. The van der Waals surface area contributed by atoms with Crippen LogP contribution in [-0.4, -0.2) is 43.0 Å². The summed E-state index contributed by atoms with van der Waals surface area (Å²) in [6.45, 7) is 3.03. The predicted octanol–water partition coefficient (Wildman–Crippen LogP) is 1.60. The Kier molecular flexibility index (Phi) is 12.4. The van der Waals surface area contributed by atoms with Crippen LogP contribution in [0.2, 0.25) is 0 Å². The van der Waals surface area contributed by atoms with E-state index in [2.05, 4.69) is 10.6 Å². The van der Waals surface area contributed by atoms with Crippen molar-refractivity contribution in [1.29, 1.82) is 0 Å². The van der Waals surface area contributed by atoms with Crippen molar-refractivity contribution in [2.24, 2.45) is 11.7 Å². The van der Waals surface area contributed by atoms with Crippen molar-refractivity contribution in [3.05, 3.63) is 35.9 Å². The van der Waals surface area contributed by atoms with E-state index in [4.69, 9.17) is 5.73 Å². The van der Waals surface area contributed by atoms with Gasteiger partial charge >= 0.3 is 0 Å². The third kappa shape index (κ3) is 9.15. The molecule has 5 nitrogen and oxygen atoms in total. The standard InChI is InChI=1S/C17H27N3O2S.ClH/c1-13(11-18)12-19-17(22)15(8-9-23-2)20-16(21)10-14-6-4-3-5-7-14;/h3-7,13,15H,8-12,18H2,1-2H3,(H,19,22)(H,20,21);1H. The number of nitrogens with one attached hydrogen (secondary N) is 2. The van der Waals surface area contributed by atoms with Crippen LogP contribution in [0.3, 0.4) is 0 Å². The fourth-order valence-electron chi connectivity index (χ4n) is 2.01. The molecule has 4 N–H and O–H groups in total. The molecule has 136 valence electrons. The molecule has 0 saturated heterocycles. The molecule has 0 fully saturated rings. The minimum Gasteiger partial charge on any atom is -0.354 e. The van der Waals surface area contributed by atoms with Gasteiger partial charge in [0.15, 0.2) is 0 Å². The molecule has 2 amide bonds. The third-order valence-electron chi connectivity index (χ3n) is 3.50. The van der Waals surface area contributed by atoms with Crippen LogP contribution in [0.5, 0.6) is 0 Å². The van der Waals surface area contributed by atoms with Crippen molar-refractivity contribution in [2.75, 3.05) is 25.1 Å². The van der Waals surface area contributed by atoms with Crippen molar-refractivity contribution < 1.29 is 9.59 Å². The quantitative estimate of drug-likeness (QED) is 0.581. The van der Waals surface area contributed by atoms with Crippen molar-refractivity contribution in [3.63, 3.8) is 0 Å². The highest BCUT2D eigenvalue weighted by Crippen LogP contribution is 2.04. The first-order chi connectivity index (χ1) is 11.1. The Morgan fingerprint density at radius 1 is 1.25 bits per heavy atom. The summed E-state index contributed by atoms with van der Waals surface area (Å²) in [5.41, 5.74) is 6.49. The molecule has 0 heterocycles. The molecule has 0 aliphatic carbocycles. The molecule has 0 saturated carbocycles. The maximum Gasteiger partial charge on any atom is 0.242 e. The molecule has 24 heavy (non-hydrogen) atoms.